The van der Waals surface area contributed by atoms with Gasteiger partial charge in [0.05, 0.1) is 0 Å². The van der Waals surface area contributed by atoms with Crippen LogP contribution in [0.5, 0.6) is 0 Å². The molecule has 0 atom stereocenters. The molecule has 0 fully saturated rings. The smallest absolute Gasteiger partial charge is 0.280 e. The van der Waals surface area contributed by atoms with Gasteiger partial charge in [0.1, 0.15) is 0 Å². The first-order valence-corrected chi connectivity index (χ1v) is 7.66. The van der Waals surface area contributed by atoms with E-state index in [1.165, 1.54) is 5.56 Å². The maximum absolute atomic E-state index is 12.4. The van der Waals surface area contributed by atoms with Crippen LogP contribution in [0.25, 0.3) is 0 Å². The van der Waals surface area contributed by atoms with Crippen molar-refractivity contribution in [1.29, 1.82) is 0 Å². The summed E-state index contributed by atoms with van der Waals surface area (Å²) in [6.45, 7) is 6.06. The molecule has 0 unspecified atom stereocenters. The van der Waals surface area contributed by atoms with Crippen molar-refractivity contribution in [3.63, 3.8) is 0 Å². The van der Waals surface area contributed by atoms with Crippen LogP contribution in [-0.2, 0) is 0 Å². The molecule has 24 heavy (non-hydrogen) atoms. The highest BCUT2D eigenvalue weighted by atomic mass is 16.2. The Bertz CT molecular complexity index is 885. The number of anilines is 3. The lowest BCUT2D eigenvalue weighted by Gasteiger charge is -2.08. The molecule has 1 heterocycles. The minimum absolute atomic E-state index is 0.217. The Balaban J connectivity index is 1.79. The first-order chi connectivity index (χ1) is 11.5. The molecule has 3 rings (SSSR count). The van der Waals surface area contributed by atoms with E-state index in [0.29, 0.717) is 5.82 Å². The molecule has 0 bridgehead atoms. The van der Waals surface area contributed by atoms with Crippen LogP contribution in [0.2, 0.25) is 0 Å². The predicted molar refractivity (Wildman–Crippen MR) is 94.7 cm³/mol. The average molecular weight is 321 g/mol. The van der Waals surface area contributed by atoms with Crippen molar-refractivity contribution in [2.75, 3.05) is 10.6 Å². The highest BCUT2D eigenvalue weighted by Crippen LogP contribution is 2.20. The molecule has 0 aliphatic heterocycles. The van der Waals surface area contributed by atoms with Crippen LogP contribution >= 0.6 is 0 Å². The monoisotopic (exact) mass is 321 g/mol. The Labute approximate surface area is 140 Å². The van der Waals surface area contributed by atoms with Crippen molar-refractivity contribution in [3.05, 3.63) is 64.8 Å². The Morgan fingerprint density at radius 2 is 1.79 bits per heavy atom. The molecule has 122 valence electrons. The second-order valence-corrected chi connectivity index (χ2v) is 5.77. The van der Waals surface area contributed by atoms with Crippen molar-refractivity contribution < 1.29 is 4.79 Å². The van der Waals surface area contributed by atoms with Gasteiger partial charge < -0.3 is 10.6 Å². The summed E-state index contributed by atoms with van der Waals surface area (Å²) in [7, 11) is 0. The topological polar surface area (TPSA) is 82.7 Å². The first-order valence-electron chi connectivity index (χ1n) is 7.66. The van der Waals surface area contributed by atoms with E-state index in [1.807, 2.05) is 56.3 Å². The third-order valence-electron chi connectivity index (χ3n) is 3.81. The summed E-state index contributed by atoms with van der Waals surface area (Å²) >= 11 is 0. The Kier molecular flexibility index (Phi) is 4.29. The second kappa shape index (κ2) is 6.54. The van der Waals surface area contributed by atoms with Crippen LogP contribution in [0, 0.1) is 20.8 Å². The molecule has 3 N–H and O–H groups in total. The summed E-state index contributed by atoms with van der Waals surface area (Å²) in [5.74, 6) is 0.0732. The van der Waals surface area contributed by atoms with Gasteiger partial charge in [-0.1, -0.05) is 18.2 Å². The van der Waals surface area contributed by atoms with E-state index in [2.05, 4.69) is 33.0 Å². The van der Waals surface area contributed by atoms with Crippen molar-refractivity contribution in [3.8, 4) is 0 Å². The molecule has 0 spiro atoms. The van der Waals surface area contributed by atoms with E-state index >= 15 is 0 Å². The fourth-order valence-corrected chi connectivity index (χ4v) is 2.35. The minimum Gasteiger partial charge on any atom is -0.337 e. The number of nitrogens with zero attached hydrogens (tertiary/aromatic N) is 2. The van der Waals surface area contributed by atoms with Crippen LogP contribution in [0.3, 0.4) is 0 Å². The quantitative estimate of drug-likeness (QED) is 0.684. The molecule has 0 radical (unpaired) electrons. The summed E-state index contributed by atoms with van der Waals surface area (Å²) in [5.41, 5.74) is 5.24. The summed E-state index contributed by atoms with van der Waals surface area (Å²) in [4.78, 5) is 12.4. The number of aromatic nitrogens is 3. The number of H-pyrrole nitrogens is 1. The number of carbonyl (C=O) groups excluding carboxylic acids is 1. The Morgan fingerprint density at radius 3 is 2.54 bits per heavy atom. The number of aromatic amines is 1. The summed E-state index contributed by atoms with van der Waals surface area (Å²) in [5, 5.41) is 16.5. The van der Waals surface area contributed by atoms with Gasteiger partial charge in [0.25, 0.3) is 5.91 Å². The number of rotatable bonds is 4. The van der Waals surface area contributed by atoms with E-state index in [9.17, 15) is 4.79 Å². The van der Waals surface area contributed by atoms with Gasteiger partial charge in [-0.2, -0.15) is 5.21 Å². The Hall–Kier alpha value is -3.15. The van der Waals surface area contributed by atoms with E-state index in [1.54, 1.807) is 0 Å². The van der Waals surface area contributed by atoms with E-state index in [4.69, 9.17) is 0 Å². The van der Waals surface area contributed by atoms with Crippen LogP contribution in [0.1, 0.15) is 27.2 Å². The van der Waals surface area contributed by atoms with Gasteiger partial charge in [-0.05, 0) is 61.7 Å². The van der Waals surface area contributed by atoms with Crippen molar-refractivity contribution in [2.45, 2.75) is 20.8 Å². The zero-order valence-corrected chi connectivity index (χ0v) is 13.8. The van der Waals surface area contributed by atoms with Crippen LogP contribution in [-0.4, -0.2) is 21.3 Å². The van der Waals surface area contributed by atoms with Crippen molar-refractivity contribution >= 4 is 23.1 Å². The molecule has 0 aliphatic rings. The van der Waals surface area contributed by atoms with Crippen molar-refractivity contribution in [1.82, 2.24) is 15.4 Å². The number of aryl methyl sites for hydroxylation is 3. The molecular formula is C18H19N5O. The molecule has 1 amide bonds. The maximum Gasteiger partial charge on any atom is 0.280 e. The molecule has 6 nitrogen and oxygen atoms in total. The highest BCUT2D eigenvalue weighted by Gasteiger charge is 2.17. The number of nitrogens with one attached hydrogen (secondary N) is 3. The fraction of sp³-hybridized carbons (Fsp3) is 0.167. The van der Waals surface area contributed by atoms with Crippen LogP contribution in [0.15, 0.2) is 42.5 Å². The summed E-state index contributed by atoms with van der Waals surface area (Å²) in [6, 6.07) is 13.6. The molecule has 6 heteroatoms. The molecular weight excluding hydrogens is 302 g/mol. The normalized spacial score (nSPS) is 10.5. The number of amides is 1. The predicted octanol–water partition coefficient (Wildman–Crippen LogP) is 3.73. The molecule has 1 aromatic heterocycles. The number of benzene rings is 2. The first kappa shape index (κ1) is 15.7. The van der Waals surface area contributed by atoms with Gasteiger partial charge in [0.2, 0.25) is 0 Å². The lowest BCUT2D eigenvalue weighted by Crippen LogP contribution is -2.14. The molecule has 3 aromatic rings. The molecule has 2 aromatic carbocycles. The van der Waals surface area contributed by atoms with Crippen LogP contribution in [0.4, 0.5) is 17.2 Å². The fourth-order valence-electron chi connectivity index (χ4n) is 2.35. The lowest BCUT2D eigenvalue weighted by molar-refractivity contribution is 0.102. The number of hydrogen-bond donors (Lipinski definition) is 3. The third kappa shape index (κ3) is 3.43. The van der Waals surface area contributed by atoms with Gasteiger partial charge in [-0.15, -0.1) is 10.2 Å². The standard InChI is InChI=1S/C18H19N5O/c1-11-5-4-6-14(9-11)20-18(24)16-17(22-23-21-16)19-15-8-7-12(2)13(3)10-15/h4-10H,1-3H3,(H,20,24)(H2,19,21,22,23). The SMILES string of the molecule is Cc1cccc(NC(=O)c2n[nH]nc2Nc2ccc(C)c(C)c2)c1. The molecule has 0 aliphatic carbocycles. The van der Waals surface area contributed by atoms with E-state index in [-0.39, 0.29) is 11.6 Å². The number of carbonyl (C=O) groups is 1. The second-order valence-electron chi connectivity index (χ2n) is 5.77. The lowest BCUT2D eigenvalue weighted by atomic mass is 10.1. The van der Waals surface area contributed by atoms with E-state index < -0.39 is 0 Å². The van der Waals surface area contributed by atoms with Crippen molar-refractivity contribution in [2.24, 2.45) is 0 Å². The van der Waals surface area contributed by atoms with Gasteiger partial charge in [-0.25, -0.2) is 0 Å². The van der Waals surface area contributed by atoms with E-state index in [0.717, 1.165) is 22.5 Å². The highest BCUT2D eigenvalue weighted by molar-refractivity contribution is 6.06. The van der Waals surface area contributed by atoms with Gasteiger partial charge in [0.15, 0.2) is 11.5 Å². The number of hydrogen-bond acceptors (Lipinski definition) is 4. The summed E-state index contributed by atoms with van der Waals surface area (Å²) < 4.78 is 0. The molecule has 0 saturated carbocycles. The minimum atomic E-state index is -0.319. The van der Waals surface area contributed by atoms with Gasteiger partial charge >= 0.3 is 0 Å². The average Bonchev–Trinajstić information content (AvgIpc) is 2.99. The zero-order chi connectivity index (χ0) is 17.1. The molecule has 0 saturated heterocycles. The maximum atomic E-state index is 12.4. The zero-order valence-electron chi connectivity index (χ0n) is 13.8. The largest absolute Gasteiger partial charge is 0.337 e. The van der Waals surface area contributed by atoms with Gasteiger partial charge in [-0.3, -0.25) is 4.79 Å². The van der Waals surface area contributed by atoms with Gasteiger partial charge in [0, 0.05) is 11.4 Å². The van der Waals surface area contributed by atoms with Crippen LogP contribution < -0.4 is 10.6 Å². The Morgan fingerprint density at radius 1 is 0.958 bits per heavy atom. The summed E-state index contributed by atoms with van der Waals surface area (Å²) in [6.07, 6.45) is 0. The third-order valence-corrected chi connectivity index (χ3v) is 3.81.